The summed E-state index contributed by atoms with van der Waals surface area (Å²) >= 11 is 0. The highest BCUT2D eigenvalue weighted by atomic mass is 16.5. The molecule has 26 heavy (non-hydrogen) atoms. The highest BCUT2D eigenvalue weighted by molar-refractivity contribution is 5.77. The van der Waals surface area contributed by atoms with Crippen LogP contribution in [0.25, 0.3) is 0 Å². The van der Waals surface area contributed by atoms with Crippen molar-refractivity contribution in [1.82, 2.24) is 5.32 Å². The molecule has 1 aliphatic heterocycles. The van der Waals surface area contributed by atoms with Crippen LogP contribution in [0.4, 0.5) is 0 Å². The minimum atomic E-state index is -0.121. The van der Waals surface area contributed by atoms with Gasteiger partial charge < -0.3 is 19.5 Å². The Bertz CT molecular complexity index is 497. The fourth-order valence-electron chi connectivity index (χ4n) is 2.94. The fraction of sp³-hybridized carbons (Fsp3) is 0.667. The van der Waals surface area contributed by atoms with Crippen molar-refractivity contribution in [1.29, 1.82) is 0 Å². The first-order valence-electron chi connectivity index (χ1n) is 10.0. The third-order valence-corrected chi connectivity index (χ3v) is 4.51. The fourth-order valence-corrected chi connectivity index (χ4v) is 2.94. The molecule has 2 rings (SSSR count). The van der Waals surface area contributed by atoms with Crippen molar-refractivity contribution in [2.24, 2.45) is 0 Å². The number of nitrogens with one attached hydrogen (secondary N) is 1. The molecule has 5 nitrogen and oxygen atoms in total. The molecule has 0 aromatic heterocycles. The zero-order valence-corrected chi connectivity index (χ0v) is 16.0. The van der Waals surface area contributed by atoms with Crippen molar-refractivity contribution in [3.63, 3.8) is 0 Å². The van der Waals surface area contributed by atoms with Crippen molar-refractivity contribution < 1.29 is 19.0 Å². The van der Waals surface area contributed by atoms with Gasteiger partial charge in [0.05, 0.1) is 12.7 Å². The van der Waals surface area contributed by atoms with Crippen LogP contribution in [0.15, 0.2) is 24.3 Å². The molecule has 0 spiro atoms. The highest BCUT2D eigenvalue weighted by Gasteiger charge is 2.16. The topological polar surface area (TPSA) is 56.8 Å². The van der Waals surface area contributed by atoms with Crippen LogP contribution in [-0.2, 0) is 9.53 Å². The van der Waals surface area contributed by atoms with Crippen LogP contribution < -0.4 is 14.8 Å². The molecule has 146 valence electrons. The Kier molecular flexibility index (Phi) is 9.95. The van der Waals surface area contributed by atoms with Gasteiger partial charge in [-0.3, -0.25) is 4.79 Å². The van der Waals surface area contributed by atoms with Gasteiger partial charge >= 0.3 is 0 Å². The van der Waals surface area contributed by atoms with E-state index in [0.29, 0.717) is 12.3 Å². The Morgan fingerprint density at radius 3 is 2.46 bits per heavy atom. The lowest BCUT2D eigenvalue weighted by Gasteiger charge is -2.12. The Hall–Kier alpha value is -1.75. The number of amides is 1. The van der Waals surface area contributed by atoms with E-state index in [4.69, 9.17) is 14.2 Å². The van der Waals surface area contributed by atoms with Crippen molar-refractivity contribution in [2.45, 2.75) is 64.4 Å². The van der Waals surface area contributed by atoms with Gasteiger partial charge in [-0.05, 0) is 43.5 Å². The predicted molar refractivity (Wildman–Crippen MR) is 103 cm³/mol. The minimum absolute atomic E-state index is 0.0185. The molecule has 0 aliphatic carbocycles. The second-order valence-electron chi connectivity index (χ2n) is 6.82. The van der Waals surface area contributed by atoms with Crippen LogP contribution in [0.2, 0.25) is 0 Å². The van der Waals surface area contributed by atoms with Crippen LogP contribution in [0.3, 0.4) is 0 Å². The quantitative estimate of drug-likeness (QED) is 0.536. The maximum atomic E-state index is 11.8. The van der Waals surface area contributed by atoms with Crippen molar-refractivity contribution in [3.8, 4) is 11.5 Å². The summed E-state index contributed by atoms with van der Waals surface area (Å²) in [5, 5.41) is 2.85. The molecular formula is C21H33NO4. The van der Waals surface area contributed by atoms with E-state index in [1.807, 2.05) is 24.3 Å². The largest absolute Gasteiger partial charge is 0.494 e. The monoisotopic (exact) mass is 363 g/mol. The van der Waals surface area contributed by atoms with Gasteiger partial charge in [-0.15, -0.1) is 0 Å². The van der Waals surface area contributed by atoms with Crippen LogP contribution >= 0.6 is 0 Å². The third kappa shape index (κ3) is 8.56. The van der Waals surface area contributed by atoms with Gasteiger partial charge in [-0.2, -0.15) is 0 Å². The molecule has 0 saturated carbocycles. The molecule has 1 atom stereocenters. The predicted octanol–water partition coefficient (Wildman–Crippen LogP) is 4.10. The molecule has 1 N–H and O–H groups in total. The molecule has 1 aromatic rings. The SMILES string of the molecule is CCCCCCCCOc1ccc(OCC(=O)NCC2CCCO2)cc1. The zero-order valence-electron chi connectivity index (χ0n) is 16.0. The van der Waals surface area contributed by atoms with E-state index < -0.39 is 0 Å². The van der Waals surface area contributed by atoms with E-state index in [1.165, 1.54) is 32.1 Å². The second kappa shape index (κ2) is 12.6. The van der Waals surface area contributed by atoms with E-state index in [2.05, 4.69) is 12.2 Å². The smallest absolute Gasteiger partial charge is 0.258 e. The summed E-state index contributed by atoms with van der Waals surface area (Å²) in [5.41, 5.74) is 0. The molecule has 1 unspecified atom stereocenters. The van der Waals surface area contributed by atoms with E-state index in [0.717, 1.165) is 38.2 Å². The summed E-state index contributed by atoms with van der Waals surface area (Å²) in [6.45, 7) is 4.36. The van der Waals surface area contributed by atoms with Crippen LogP contribution in [0.5, 0.6) is 11.5 Å². The molecule has 1 aromatic carbocycles. The first-order chi connectivity index (χ1) is 12.8. The zero-order chi connectivity index (χ0) is 18.5. The lowest BCUT2D eigenvalue weighted by Crippen LogP contribution is -2.35. The molecule has 1 heterocycles. The lowest BCUT2D eigenvalue weighted by atomic mass is 10.1. The summed E-state index contributed by atoms with van der Waals surface area (Å²) in [7, 11) is 0. The van der Waals surface area contributed by atoms with Crippen LogP contribution in [0, 0.1) is 0 Å². The number of benzene rings is 1. The third-order valence-electron chi connectivity index (χ3n) is 4.51. The van der Waals surface area contributed by atoms with Gasteiger partial charge in [0.25, 0.3) is 5.91 Å². The van der Waals surface area contributed by atoms with Gasteiger partial charge in [-0.25, -0.2) is 0 Å². The molecule has 0 bridgehead atoms. The first kappa shape index (κ1) is 20.6. The molecule has 1 saturated heterocycles. The average Bonchev–Trinajstić information content (AvgIpc) is 3.18. The number of ether oxygens (including phenoxy) is 3. The molecular weight excluding hydrogens is 330 g/mol. The Balaban J connectivity index is 1.54. The van der Waals surface area contributed by atoms with Gasteiger partial charge in [0.1, 0.15) is 11.5 Å². The molecule has 1 amide bonds. The number of carbonyl (C=O) groups is 1. The maximum absolute atomic E-state index is 11.8. The van der Waals surface area contributed by atoms with E-state index in [9.17, 15) is 4.79 Å². The molecule has 5 heteroatoms. The Morgan fingerprint density at radius 1 is 1.08 bits per heavy atom. The van der Waals surface area contributed by atoms with Crippen molar-refractivity contribution in [3.05, 3.63) is 24.3 Å². The summed E-state index contributed by atoms with van der Waals surface area (Å²) in [4.78, 5) is 11.8. The molecule has 1 fully saturated rings. The van der Waals surface area contributed by atoms with E-state index in [-0.39, 0.29) is 18.6 Å². The number of unbranched alkanes of at least 4 members (excludes halogenated alkanes) is 5. The Morgan fingerprint density at radius 2 is 1.77 bits per heavy atom. The van der Waals surface area contributed by atoms with Gasteiger partial charge in [0.2, 0.25) is 0 Å². The summed E-state index contributed by atoms with van der Waals surface area (Å²) < 4.78 is 16.7. The molecule has 1 aliphatic rings. The summed E-state index contributed by atoms with van der Waals surface area (Å²) in [6, 6.07) is 7.45. The lowest BCUT2D eigenvalue weighted by molar-refractivity contribution is -0.123. The minimum Gasteiger partial charge on any atom is -0.494 e. The number of rotatable bonds is 13. The Labute approximate surface area is 157 Å². The van der Waals surface area contributed by atoms with Gasteiger partial charge in [0.15, 0.2) is 6.61 Å². The number of carbonyl (C=O) groups excluding carboxylic acids is 1. The number of hydrogen-bond donors (Lipinski definition) is 1. The van der Waals surface area contributed by atoms with E-state index in [1.54, 1.807) is 0 Å². The standard InChI is InChI=1S/C21H33NO4/c1-2-3-4-5-6-7-14-24-18-10-12-19(13-11-18)26-17-21(23)22-16-20-9-8-15-25-20/h10-13,20H,2-9,14-17H2,1H3,(H,22,23). The highest BCUT2D eigenvalue weighted by Crippen LogP contribution is 2.18. The van der Waals surface area contributed by atoms with Gasteiger partial charge in [-0.1, -0.05) is 39.0 Å². The van der Waals surface area contributed by atoms with E-state index >= 15 is 0 Å². The van der Waals surface area contributed by atoms with Crippen LogP contribution in [-0.4, -0.2) is 38.4 Å². The second-order valence-corrected chi connectivity index (χ2v) is 6.82. The van der Waals surface area contributed by atoms with Crippen molar-refractivity contribution in [2.75, 3.05) is 26.4 Å². The molecule has 0 radical (unpaired) electrons. The summed E-state index contributed by atoms with van der Waals surface area (Å²) in [6.07, 6.45) is 9.78. The van der Waals surface area contributed by atoms with Crippen LogP contribution in [0.1, 0.15) is 58.3 Å². The normalized spacial score (nSPS) is 16.4. The average molecular weight is 363 g/mol. The maximum Gasteiger partial charge on any atom is 0.258 e. The first-order valence-corrected chi connectivity index (χ1v) is 10.0. The van der Waals surface area contributed by atoms with Gasteiger partial charge in [0, 0.05) is 13.2 Å². The number of hydrogen-bond acceptors (Lipinski definition) is 4. The summed E-state index contributed by atoms with van der Waals surface area (Å²) in [5.74, 6) is 1.39. The van der Waals surface area contributed by atoms with Crippen molar-refractivity contribution >= 4 is 5.91 Å².